The molecular weight excluding hydrogens is 204 g/mol. The summed E-state index contributed by atoms with van der Waals surface area (Å²) in [6, 6.07) is 9.38. The molecule has 1 aliphatic rings. The van der Waals surface area contributed by atoms with E-state index in [1.807, 2.05) is 0 Å². The highest BCUT2D eigenvalue weighted by molar-refractivity contribution is 5.29. The van der Waals surface area contributed by atoms with Gasteiger partial charge in [0.1, 0.15) is 0 Å². The van der Waals surface area contributed by atoms with Crippen molar-refractivity contribution in [2.24, 2.45) is 5.92 Å². The predicted molar refractivity (Wildman–Crippen MR) is 75.5 cm³/mol. The highest BCUT2D eigenvalue weighted by atomic mass is 14.3. The molecule has 1 aliphatic carbocycles. The van der Waals surface area contributed by atoms with Crippen molar-refractivity contribution in [3.63, 3.8) is 0 Å². The van der Waals surface area contributed by atoms with E-state index in [2.05, 4.69) is 52.0 Å². The molecule has 0 heterocycles. The first-order chi connectivity index (χ1) is 7.97. The Labute approximate surface area is 106 Å². The van der Waals surface area contributed by atoms with Crippen molar-refractivity contribution in [1.82, 2.24) is 0 Å². The van der Waals surface area contributed by atoms with E-state index in [4.69, 9.17) is 0 Å². The summed E-state index contributed by atoms with van der Waals surface area (Å²) < 4.78 is 0. The zero-order chi connectivity index (χ0) is 12.5. The highest BCUT2D eigenvalue weighted by Gasteiger charge is 2.20. The first kappa shape index (κ1) is 12.7. The molecule has 0 bridgehead atoms. The maximum atomic E-state index is 2.39. The maximum Gasteiger partial charge on any atom is -0.0132 e. The fraction of sp³-hybridized carbons (Fsp3) is 0.647. The normalized spacial score (nSPS) is 25.9. The molecule has 1 fully saturated rings. The topological polar surface area (TPSA) is 0 Å². The van der Waals surface area contributed by atoms with E-state index in [1.165, 1.54) is 31.2 Å². The van der Waals surface area contributed by atoms with Crippen LogP contribution in [0.2, 0.25) is 0 Å². The first-order valence-corrected chi connectivity index (χ1v) is 7.07. The molecule has 1 aromatic carbocycles. The van der Waals surface area contributed by atoms with Crippen LogP contribution >= 0.6 is 0 Å². The summed E-state index contributed by atoms with van der Waals surface area (Å²) in [6.45, 7) is 9.23. The molecule has 0 aliphatic heterocycles. The van der Waals surface area contributed by atoms with E-state index in [0.29, 0.717) is 0 Å². The van der Waals surface area contributed by atoms with Gasteiger partial charge in [0.25, 0.3) is 0 Å². The minimum Gasteiger partial charge on any atom is -0.0625 e. The second-order valence-corrected chi connectivity index (χ2v) is 6.83. The van der Waals surface area contributed by atoms with Crippen LogP contribution in [0.3, 0.4) is 0 Å². The predicted octanol–water partition coefficient (Wildman–Crippen LogP) is 5.28. The van der Waals surface area contributed by atoms with Crippen molar-refractivity contribution in [3.8, 4) is 0 Å². The molecule has 94 valence electrons. The molecule has 2 rings (SSSR count). The molecule has 17 heavy (non-hydrogen) atoms. The lowest BCUT2D eigenvalue weighted by molar-refractivity contribution is 0.348. The van der Waals surface area contributed by atoms with Gasteiger partial charge in [-0.1, -0.05) is 64.8 Å². The van der Waals surface area contributed by atoms with E-state index < -0.39 is 0 Å². The second-order valence-electron chi connectivity index (χ2n) is 6.83. The van der Waals surface area contributed by atoms with Crippen LogP contribution in [0, 0.1) is 5.92 Å². The van der Waals surface area contributed by atoms with Crippen LogP contribution in [0.4, 0.5) is 0 Å². The summed E-state index contributed by atoms with van der Waals surface area (Å²) in [7, 11) is 0. The van der Waals surface area contributed by atoms with E-state index in [0.717, 1.165) is 11.8 Å². The molecule has 0 unspecified atom stereocenters. The van der Waals surface area contributed by atoms with Gasteiger partial charge >= 0.3 is 0 Å². The van der Waals surface area contributed by atoms with Gasteiger partial charge in [0.15, 0.2) is 0 Å². The van der Waals surface area contributed by atoms with Crippen molar-refractivity contribution in [2.45, 2.75) is 64.7 Å². The van der Waals surface area contributed by atoms with Gasteiger partial charge in [-0.25, -0.2) is 0 Å². The first-order valence-electron chi connectivity index (χ1n) is 7.07. The van der Waals surface area contributed by atoms with Crippen molar-refractivity contribution in [1.29, 1.82) is 0 Å². The Morgan fingerprint density at radius 1 is 0.882 bits per heavy atom. The molecule has 0 heteroatoms. The molecule has 0 spiro atoms. The Balaban J connectivity index is 2.08. The Kier molecular flexibility index (Phi) is 3.61. The van der Waals surface area contributed by atoms with Crippen molar-refractivity contribution >= 4 is 0 Å². The average Bonchev–Trinajstić information content (AvgIpc) is 2.29. The zero-order valence-electron chi connectivity index (χ0n) is 11.8. The van der Waals surface area contributed by atoms with Crippen LogP contribution in [0.25, 0.3) is 0 Å². The maximum absolute atomic E-state index is 2.39. The van der Waals surface area contributed by atoms with Crippen molar-refractivity contribution in [3.05, 3.63) is 35.4 Å². The summed E-state index contributed by atoms with van der Waals surface area (Å²) in [5.41, 5.74) is 3.29. The molecule has 1 saturated carbocycles. The third-order valence-electron chi connectivity index (χ3n) is 4.26. The van der Waals surface area contributed by atoms with Crippen molar-refractivity contribution < 1.29 is 0 Å². The molecule has 0 amide bonds. The quantitative estimate of drug-likeness (QED) is 0.616. The Hall–Kier alpha value is -0.780. The zero-order valence-corrected chi connectivity index (χ0v) is 11.8. The third-order valence-corrected chi connectivity index (χ3v) is 4.26. The molecule has 0 N–H and O–H groups in total. The number of rotatable bonds is 1. The van der Waals surface area contributed by atoms with Crippen LogP contribution in [0.15, 0.2) is 24.3 Å². The largest absolute Gasteiger partial charge is 0.0625 e. The van der Waals surface area contributed by atoms with Crippen LogP contribution in [0.5, 0.6) is 0 Å². The minimum atomic E-state index is 0.277. The molecule has 0 saturated heterocycles. The monoisotopic (exact) mass is 230 g/mol. The molecular formula is C17H26. The standard InChI is InChI=1S/C17H26/c1-13-5-7-14(8-6-13)15-9-11-16(12-10-15)17(2,3)4/h9-14H,5-8H2,1-4H3. The summed E-state index contributed by atoms with van der Waals surface area (Å²) in [5.74, 6) is 1.76. The summed E-state index contributed by atoms with van der Waals surface area (Å²) in [6.07, 6.45) is 5.59. The minimum absolute atomic E-state index is 0.277. The second kappa shape index (κ2) is 4.84. The van der Waals surface area contributed by atoms with Gasteiger partial charge in [-0.2, -0.15) is 0 Å². The fourth-order valence-corrected chi connectivity index (χ4v) is 2.85. The van der Waals surface area contributed by atoms with Crippen LogP contribution in [-0.4, -0.2) is 0 Å². The van der Waals surface area contributed by atoms with E-state index in [-0.39, 0.29) is 5.41 Å². The van der Waals surface area contributed by atoms with Gasteiger partial charge in [0.05, 0.1) is 0 Å². The lowest BCUT2D eigenvalue weighted by atomic mass is 9.78. The average molecular weight is 230 g/mol. The molecule has 0 aromatic heterocycles. The number of hydrogen-bond acceptors (Lipinski definition) is 0. The summed E-state index contributed by atoms with van der Waals surface area (Å²) in [5, 5.41) is 0. The van der Waals surface area contributed by atoms with E-state index in [9.17, 15) is 0 Å². The van der Waals surface area contributed by atoms with Gasteiger partial charge in [0.2, 0.25) is 0 Å². The van der Waals surface area contributed by atoms with Crippen LogP contribution < -0.4 is 0 Å². The summed E-state index contributed by atoms with van der Waals surface area (Å²) >= 11 is 0. The van der Waals surface area contributed by atoms with Gasteiger partial charge < -0.3 is 0 Å². The van der Waals surface area contributed by atoms with Crippen molar-refractivity contribution in [2.75, 3.05) is 0 Å². The molecule has 1 aromatic rings. The Bertz CT molecular complexity index is 345. The molecule has 0 atom stereocenters. The fourth-order valence-electron chi connectivity index (χ4n) is 2.85. The summed E-state index contributed by atoms with van der Waals surface area (Å²) in [4.78, 5) is 0. The van der Waals surface area contributed by atoms with Gasteiger partial charge in [-0.3, -0.25) is 0 Å². The lowest BCUT2D eigenvalue weighted by Crippen LogP contribution is -2.13. The van der Waals surface area contributed by atoms with Gasteiger partial charge in [-0.05, 0) is 41.2 Å². The van der Waals surface area contributed by atoms with Gasteiger partial charge in [-0.15, -0.1) is 0 Å². The van der Waals surface area contributed by atoms with E-state index >= 15 is 0 Å². The number of benzene rings is 1. The smallest absolute Gasteiger partial charge is 0.0132 e. The van der Waals surface area contributed by atoms with E-state index in [1.54, 1.807) is 5.56 Å². The SMILES string of the molecule is CC1CCC(c2ccc(C(C)(C)C)cc2)CC1. The molecule has 0 radical (unpaired) electrons. The lowest BCUT2D eigenvalue weighted by Gasteiger charge is -2.27. The Morgan fingerprint density at radius 3 is 1.88 bits per heavy atom. The van der Waals surface area contributed by atoms with Crippen LogP contribution in [0.1, 0.15) is 70.4 Å². The van der Waals surface area contributed by atoms with Gasteiger partial charge in [0, 0.05) is 0 Å². The van der Waals surface area contributed by atoms with Crippen LogP contribution in [-0.2, 0) is 5.41 Å². The highest BCUT2D eigenvalue weighted by Crippen LogP contribution is 2.36. The Morgan fingerprint density at radius 2 is 1.41 bits per heavy atom. The number of hydrogen-bond donors (Lipinski definition) is 0. The molecule has 0 nitrogen and oxygen atoms in total. The third kappa shape index (κ3) is 3.12.